The van der Waals surface area contributed by atoms with Crippen LogP contribution in [0.2, 0.25) is 0 Å². The Morgan fingerprint density at radius 1 is 1.61 bits per heavy atom. The van der Waals surface area contributed by atoms with Crippen molar-refractivity contribution >= 4 is 11.8 Å². The number of rotatable bonds is 3. The molecule has 1 aromatic heterocycles. The fourth-order valence-corrected chi connectivity index (χ4v) is 2.32. The van der Waals surface area contributed by atoms with Gasteiger partial charge in [-0.15, -0.1) is 5.10 Å². The zero-order valence-electron chi connectivity index (χ0n) is 9.91. The summed E-state index contributed by atoms with van der Waals surface area (Å²) in [6.45, 7) is 0.728. The molecule has 1 aliphatic rings. The number of hydrogen-bond donors (Lipinski definition) is 1. The molecule has 1 N–H and O–H groups in total. The number of nitriles is 1. The number of aromatic nitrogens is 2. The molecule has 0 radical (unpaired) electrons. The van der Waals surface area contributed by atoms with Crippen molar-refractivity contribution in [3.63, 3.8) is 0 Å². The molecule has 94 valence electrons. The largest absolute Gasteiger partial charge is 0.481 e. The summed E-state index contributed by atoms with van der Waals surface area (Å²) in [7, 11) is 0. The smallest absolute Gasteiger partial charge is 0.305 e. The number of piperidine rings is 1. The number of anilines is 1. The highest BCUT2D eigenvalue weighted by molar-refractivity contribution is 5.68. The number of nitrogens with zero attached hydrogens (tertiary/aromatic N) is 4. The highest BCUT2D eigenvalue weighted by atomic mass is 16.4. The zero-order chi connectivity index (χ0) is 13.0. The molecule has 6 nitrogen and oxygen atoms in total. The number of carboxylic acids is 1. The summed E-state index contributed by atoms with van der Waals surface area (Å²) >= 11 is 0. The molecule has 0 saturated carbocycles. The van der Waals surface area contributed by atoms with Crippen LogP contribution in [0.1, 0.15) is 31.2 Å². The predicted octanol–water partition coefficient (Wildman–Crippen LogP) is 1.18. The summed E-state index contributed by atoms with van der Waals surface area (Å²) in [5, 5.41) is 25.8. The van der Waals surface area contributed by atoms with Gasteiger partial charge in [0.1, 0.15) is 6.07 Å². The average molecular weight is 246 g/mol. The van der Waals surface area contributed by atoms with Crippen LogP contribution >= 0.6 is 0 Å². The van der Waals surface area contributed by atoms with Crippen molar-refractivity contribution in [2.75, 3.05) is 11.4 Å². The first-order chi connectivity index (χ1) is 8.72. The Kier molecular flexibility index (Phi) is 3.72. The maximum atomic E-state index is 10.9. The van der Waals surface area contributed by atoms with Gasteiger partial charge in [0.15, 0.2) is 5.82 Å². The predicted molar refractivity (Wildman–Crippen MR) is 64.0 cm³/mol. The first-order valence-electron chi connectivity index (χ1n) is 5.92. The van der Waals surface area contributed by atoms with Crippen molar-refractivity contribution < 1.29 is 9.90 Å². The van der Waals surface area contributed by atoms with Crippen molar-refractivity contribution in [3.05, 3.63) is 17.8 Å². The molecule has 0 amide bonds. The van der Waals surface area contributed by atoms with Crippen LogP contribution in [-0.2, 0) is 4.79 Å². The molecule has 1 fully saturated rings. The molecule has 6 heteroatoms. The van der Waals surface area contributed by atoms with Gasteiger partial charge in [0.05, 0.1) is 18.2 Å². The number of hydrogen-bond acceptors (Lipinski definition) is 5. The second-order valence-corrected chi connectivity index (χ2v) is 4.32. The van der Waals surface area contributed by atoms with Gasteiger partial charge in [-0.05, 0) is 25.3 Å². The fourth-order valence-electron chi connectivity index (χ4n) is 2.32. The molecule has 2 rings (SSSR count). The Labute approximate surface area is 105 Å². The lowest BCUT2D eigenvalue weighted by Crippen LogP contribution is -2.42. The average Bonchev–Trinajstić information content (AvgIpc) is 2.39. The van der Waals surface area contributed by atoms with Crippen molar-refractivity contribution in [1.29, 1.82) is 5.26 Å². The van der Waals surface area contributed by atoms with Crippen molar-refractivity contribution in [2.24, 2.45) is 0 Å². The van der Waals surface area contributed by atoms with E-state index in [4.69, 9.17) is 10.4 Å². The zero-order valence-corrected chi connectivity index (χ0v) is 9.91. The van der Waals surface area contributed by atoms with Gasteiger partial charge >= 0.3 is 5.97 Å². The standard InChI is InChI=1S/C12H14N4O2/c13-8-9-4-5-14-15-12(9)16-6-2-1-3-10(16)7-11(17)18/h4-5,10H,1-3,6-7H2,(H,17,18). The van der Waals surface area contributed by atoms with E-state index in [1.165, 1.54) is 6.20 Å². The number of carboxylic acid groups (broad SMARTS) is 1. The lowest BCUT2D eigenvalue weighted by atomic mass is 9.99. The van der Waals surface area contributed by atoms with Gasteiger partial charge in [-0.25, -0.2) is 0 Å². The number of aliphatic carboxylic acids is 1. The van der Waals surface area contributed by atoms with Crippen LogP contribution in [0.4, 0.5) is 5.82 Å². The topological polar surface area (TPSA) is 90.1 Å². The first kappa shape index (κ1) is 12.3. The van der Waals surface area contributed by atoms with Crippen molar-refractivity contribution in [2.45, 2.75) is 31.7 Å². The Morgan fingerprint density at radius 3 is 3.17 bits per heavy atom. The summed E-state index contributed by atoms with van der Waals surface area (Å²) in [6, 6.07) is 3.58. The quantitative estimate of drug-likeness (QED) is 0.861. The van der Waals surface area contributed by atoms with Crippen LogP contribution in [0, 0.1) is 11.3 Å². The lowest BCUT2D eigenvalue weighted by molar-refractivity contribution is -0.137. The molecule has 1 saturated heterocycles. The second-order valence-electron chi connectivity index (χ2n) is 4.32. The van der Waals surface area contributed by atoms with Crippen LogP contribution in [0.3, 0.4) is 0 Å². The molecule has 0 bridgehead atoms. The third-order valence-electron chi connectivity index (χ3n) is 3.13. The third-order valence-corrected chi connectivity index (χ3v) is 3.13. The molecule has 1 aliphatic heterocycles. The molecule has 1 aromatic rings. The third kappa shape index (κ3) is 2.56. The molecule has 1 atom stereocenters. The van der Waals surface area contributed by atoms with Crippen molar-refractivity contribution in [1.82, 2.24) is 10.2 Å². The first-order valence-corrected chi connectivity index (χ1v) is 5.92. The SMILES string of the molecule is N#Cc1ccnnc1N1CCCCC1CC(=O)O. The molecule has 0 spiro atoms. The minimum atomic E-state index is -0.825. The van der Waals surface area contributed by atoms with Gasteiger partial charge in [0, 0.05) is 12.6 Å². The summed E-state index contributed by atoms with van der Waals surface area (Å²) in [5.74, 6) is -0.319. The summed E-state index contributed by atoms with van der Waals surface area (Å²) in [5.41, 5.74) is 0.447. The number of carbonyl (C=O) groups is 1. The molecule has 2 heterocycles. The van der Waals surface area contributed by atoms with Gasteiger partial charge in [0.25, 0.3) is 0 Å². The maximum absolute atomic E-state index is 10.9. The van der Waals surface area contributed by atoms with Gasteiger partial charge in [-0.1, -0.05) is 0 Å². The lowest BCUT2D eigenvalue weighted by Gasteiger charge is -2.35. The van der Waals surface area contributed by atoms with E-state index in [0.717, 1.165) is 25.8 Å². The molecule has 0 aliphatic carbocycles. The van der Waals surface area contributed by atoms with Gasteiger partial charge in [-0.3, -0.25) is 4.79 Å². The van der Waals surface area contributed by atoms with E-state index >= 15 is 0 Å². The van der Waals surface area contributed by atoms with Crippen LogP contribution in [0.5, 0.6) is 0 Å². The summed E-state index contributed by atoms with van der Waals surface area (Å²) in [6.07, 6.45) is 4.35. The molecular weight excluding hydrogens is 232 g/mol. The van der Waals surface area contributed by atoms with E-state index in [2.05, 4.69) is 16.3 Å². The van der Waals surface area contributed by atoms with E-state index in [-0.39, 0.29) is 12.5 Å². The minimum absolute atomic E-state index is 0.0709. The highest BCUT2D eigenvalue weighted by Crippen LogP contribution is 2.26. The molecule has 0 aromatic carbocycles. The van der Waals surface area contributed by atoms with E-state index in [9.17, 15) is 4.79 Å². The van der Waals surface area contributed by atoms with E-state index < -0.39 is 5.97 Å². The molecule has 1 unspecified atom stereocenters. The summed E-state index contributed by atoms with van der Waals surface area (Å²) < 4.78 is 0. The van der Waals surface area contributed by atoms with Crippen LogP contribution < -0.4 is 4.90 Å². The normalized spacial score (nSPS) is 19.3. The van der Waals surface area contributed by atoms with Crippen LogP contribution in [0.25, 0.3) is 0 Å². The Morgan fingerprint density at radius 2 is 2.44 bits per heavy atom. The Hall–Kier alpha value is -2.16. The summed E-state index contributed by atoms with van der Waals surface area (Å²) in [4.78, 5) is 12.8. The van der Waals surface area contributed by atoms with E-state index in [1.54, 1.807) is 6.07 Å². The minimum Gasteiger partial charge on any atom is -0.481 e. The van der Waals surface area contributed by atoms with Crippen molar-refractivity contribution in [3.8, 4) is 6.07 Å². The second kappa shape index (κ2) is 5.45. The van der Waals surface area contributed by atoms with Gasteiger partial charge < -0.3 is 10.0 Å². The Bertz CT molecular complexity index is 483. The maximum Gasteiger partial charge on any atom is 0.305 e. The monoisotopic (exact) mass is 246 g/mol. The molecule has 18 heavy (non-hydrogen) atoms. The van der Waals surface area contributed by atoms with Crippen LogP contribution in [0.15, 0.2) is 12.3 Å². The highest BCUT2D eigenvalue weighted by Gasteiger charge is 2.27. The van der Waals surface area contributed by atoms with E-state index in [0.29, 0.717) is 11.4 Å². The van der Waals surface area contributed by atoms with E-state index in [1.807, 2.05) is 4.90 Å². The van der Waals surface area contributed by atoms with Gasteiger partial charge in [-0.2, -0.15) is 10.4 Å². The van der Waals surface area contributed by atoms with Gasteiger partial charge in [0.2, 0.25) is 0 Å². The fraction of sp³-hybridized carbons (Fsp3) is 0.500. The Balaban J connectivity index is 2.28. The molecular formula is C12H14N4O2. The van der Waals surface area contributed by atoms with Crippen LogP contribution in [-0.4, -0.2) is 33.9 Å².